The first kappa shape index (κ1) is 11.3. The summed E-state index contributed by atoms with van der Waals surface area (Å²) in [6.07, 6.45) is -1.23. The average molecular weight is 216 g/mol. The van der Waals surface area contributed by atoms with Gasteiger partial charge in [-0.2, -0.15) is 0 Å². The van der Waals surface area contributed by atoms with Crippen LogP contribution in [0.25, 0.3) is 0 Å². The molecule has 0 bridgehead atoms. The Balaban J connectivity index is 2.65. The van der Waals surface area contributed by atoms with Crippen molar-refractivity contribution >= 4 is 11.6 Å². The Labute approximate surface area is 84.6 Å². The smallest absolute Gasteiger partial charge is 0.270 e. The summed E-state index contributed by atoms with van der Waals surface area (Å²) in [4.78, 5) is 15.0. The quantitative estimate of drug-likeness (QED) is 0.501. The zero-order valence-corrected chi connectivity index (χ0v) is 7.71. The molecular weight excluding hydrogens is 206 g/mol. The minimum atomic E-state index is -2.58. The first-order chi connectivity index (χ1) is 7.13. The zero-order valence-electron chi connectivity index (χ0n) is 7.71. The third-order valence-corrected chi connectivity index (χ3v) is 1.58. The highest BCUT2D eigenvalue weighted by atomic mass is 19.3. The molecule has 1 heterocycles. The van der Waals surface area contributed by atoms with E-state index in [-0.39, 0.29) is 5.69 Å². The Hall–Kier alpha value is -1.76. The maximum Gasteiger partial charge on any atom is 0.270 e. The molecule has 0 saturated heterocycles. The van der Waals surface area contributed by atoms with Gasteiger partial charge in [0.05, 0.1) is 12.2 Å². The highest BCUT2D eigenvalue weighted by Gasteiger charge is 2.10. The number of aromatic nitrogens is 1. The van der Waals surface area contributed by atoms with Crippen molar-refractivity contribution in [3.05, 3.63) is 24.0 Å². The largest absolute Gasteiger partial charge is 0.345 e. The Morgan fingerprint density at radius 1 is 1.60 bits per heavy atom. The second-order valence-corrected chi connectivity index (χ2v) is 2.68. The molecule has 0 aliphatic rings. The molecule has 1 rings (SSSR count). The lowest BCUT2D eigenvalue weighted by Crippen LogP contribution is -2.29. The number of nitrogens with one attached hydrogen (secondary N) is 2. The van der Waals surface area contributed by atoms with Crippen molar-refractivity contribution in [2.45, 2.75) is 6.43 Å². The van der Waals surface area contributed by atoms with Crippen molar-refractivity contribution < 1.29 is 13.6 Å². The fraction of sp³-hybridized carbons (Fsp3) is 0.250. The van der Waals surface area contributed by atoms with Crippen molar-refractivity contribution in [3.8, 4) is 0 Å². The van der Waals surface area contributed by atoms with Crippen LogP contribution in [0.1, 0.15) is 10.5 Å². The van der Waals surface area contributed by atoms with E-state index >= 15 is 0 Å². The number of nitrogens with zero attached hydrogens (tertiary/aromatic N) is 1. The first-order valence-corrected chi connectivity index (χ1v) is 4.12. The van der Waals surface area contributed by atoms with E-state index < -0.39 is 18.9 Å². The molecule has 0 aliphatic carbocycles. The number of hydrogen-bond donors (Lipinski definition) is 3. The van der Waals surface area contributed by atoms with E-state index in [1.807, 2.05) is 5.32 Å². The van der Waals surface area contributed by atoms with Gasteiger partial charge in [-0.05, 0) is 12.1 Å². The zero-order chi connectivity index (χ0) is 11.3. The number of carbonyl (C=O) groups is 1. The van der Waals surface area contributed by atoms with Gasteiger partial charge in [0.25, 0.3) is 12.3 Å². The third-order valence-electron chi connectivity index (χ3n) is 1.58. The average Bonchev–Trinajstić information content (AvgIpc) is 2.26. The molecule has 1 aromatic rings. The van der Waals surface area contributed by atoms with Gasteiger partial charge < -0.3 is 10.7 Å². The van der Waals surface area contributed by atoms with Crippen LogP contribution in [0.5, 0.6) is 0 Å². The van der Waals surface area contributed by atoms with Gasteiger partial charge in [-0.3, -0.25) is 15.6 Å². The lowest BCUT2D eigenvalue weighted by atomic mass is 10.3. The minimum absolute atomic E-state index is 0.0334. The van der Waals surface area contributed by atoms with Gasteiger partial charge in [0.1, 0.15) is 5.69 Å². The second kappa shape index (κ2) is 5.20. The maximum absolute atomic E-state index is 11.8. The number of nitrogen functional groups attached to an aromatic ring is 1. The van der Waals surface area contributed by atoms with Gasteiger partial charge in [-0.25, -0.2) is 8.78 Å². The van der Waals surface area contributed by atoms with Crippen LogP contribution in [0.2, 0.25) is 0 Å². The maximum atomic E-state index is 11.8. The van der Waals surface area contributed by atoms with Gasteiger partial charge >= 0.3 is 0 Å². The highest BCUT2D eigenvalue weighted by Crippen LogP contribution is 2.05. The van der Waals surface area contributed by atoms with Crippen LogP contribution in [-0.4, -0.2) is 23.9 Å². The molecule has 0 fully saturated rings. The van der Waals surface area contributed by atoms with Crippen LogP contribution in [0, 0.1) is 0 Å². The van der Waals surface area contributed by atoms with Crippen LogP contribution >= 0.6 is 0 Å². The van der Waals surface area contributed by atoms with E-state index in [1.165, 1.54) is 12.3 Å². The molecule has 82 valence electrons. The van der Waals surface area contributed by atoms with Crippen LogP contribution in [-0.2, 0) is 0 Å². The summed E-state index contributed by atoms with van der Waals surface area (Å²) in [6.45, 7) is -0.694. The lowest BCUT2D eigenvalue weighted by molar-refractivity contribution is 0.0887. The molecule has 1 aromatic heterocycles. The van der Waals surface area contributed by atoms with Crippen molar-refractivity contribution in [2.24, 2.45) is 5.84 Å². The standard InChI is InChI=1S/C8H10F2N4O/c9-7(10)4-13-8(15)6-3-5(14-11)1-2-12-6/h1-3,7H,4,11H2,(H,12,14)(H,13,15). The first-order valence-electron chi connectivity index (χ1n) is 4.12. The van der Waals surface area contributed by atoms with Crippen molar-refractivity contribution in [3.63, 3.8) is 0 Å². The molecule has 0 saturated carbocycles. The molecule has 15 heavy (non-hydrogen) atoms. The molecule has 4 N–H and O–H groups in total. The molecule has 0 aliphatic heterocycles. The van der Waals surface area contributed by atoms with Gasteiger partial charge in [0.15, 0.2) is 0 Å². The van der Waals surface area contributed by atoms with E-state index in [2.05, 4.69) is 10.4 Å². The number of anilines is 1. The van der Waals surface area contributed by atoms with Crippen molar-refractivity contribution in [1.82, 2.24) is 10.3 Å². The van der Waals surface area contributed by atoms with E-state index in [0.29, 0.717) is 5.69 Å². The number of hydrogen-bond acceptors (Lipinski definition) is 4. The topological polar surface area (TPSA) is 80.0 Å². The summed E-state index contributed by atoms with van der Waals surface area (Å²) < 4.78 is 23.6. The summed E-state index contributed by atoms with van der Waals surface area (Å²) in [7, 11) is 0. The third kappa shape index (κ3) is 3.47. The molecule has 1 amide bonds. The second-order valence-electron chi connectivity index (χ2n) is 2.68. The molecule has 0 atom stereocenters. The van der Waals surface area contributed by atoms with Crippen LogP contribution in [0.3, 0.4) is 0 Å². The number of alkyl halides is 2. The van der Waals surface area contributed by atoms with Crippen LogP contribution < -0.4 is 16.6 Å². The number of carbonyl (C=O) groups excluding carboxylic acids is 1. The van der Waals surface area contributed by atoms with Gasteiger partial charge in [-0.1, -0.05) is 0 Å². The van der Waals surface area contributed by atoms with Gasteiger partial charge in [0, 0.05) is 6.20 Å². The summed E-state index contributed by atoms with van der Waals surface area (Å²) in [5.74, 6) is 4.45. The number of pyridine rings is 1. The molecule has 7 heteroatoms. The predicted octanol–water partition coefficient (Wildman–Crippen LogP) is 0.362. The van der Waals surface area contributed by atoms with Crippen LogP contribution in [0.15, 0.2) is 18.3 Å². The van der Waals surface area contributed by atoms with Gasteiger partial charge in [-0.15, -0.1) is 0 Å². The Kier molecular flexibility index (Phi) is 3.92. The fourth-order valence-corrected chi connectivity index (χ4v) is 0.905. The molecule has 5 nitrogen and oxygen atoms in total. The Morgan fingerprint density at radius 3 is 2.93 bits per heavy atom. The summed E-state index contributed by atoms with van der Waals surface area (Å²) >= 11 is 0. The van der Waals surface area contributed by atoms with E-state index in [0.717, 1.165) is 0 Å². The summed E-state index contributed by atoms with van der Waals surface area (Å²) in [6, 6.07) is 2.91. The van der Waals surface area contributed by atoms with Crippen LogP contribution in [0.4, 0.5) is 14.5 Å². The van der Waals surface area contributed by atoms with Crippen molar-refractivity contribution in [2.75, 3.05) is 12.0 Å². The number of rotatable bonds is 4. The number of nitrogens with two attached hydrogens (primary N) is 1. The summed E-state index contributed by atoms with van der Waals surface area (Å²) in [5, 5.41) is 2.03. The fourth-order valence-electron chi connectivity index (χ4n) is 0.905. The van der Waals surface area contributed by atoms with E-state index in [9.17, 15) is 13.6 Å². The van der Waals surface area contributed by atoms with Gasteiger partial charge in [0.2, 0.25) is 0 Å². The monoisotopic (exact) mass is 216 g/mol. The normalized spacial score (nSPS) is 10.1. The Morgan fingerprint density at radius 2 is 2.33 bits per heavy atom. The Bertz CT molecular complexity index is 345. The molecular formula is C8H10F2N4O. The number of amides is 1. The lowest BCUT2D eigenvalue weighted by Gasteiger charge is -2.05. The molecule has 0 unspecified atom stereocenters. The number of hydrazine groups is 1. The minimum Gasteiger partial charge on any atom is -0.345 e. The summed E-state index contributed by atoms with van der Waals surface area (Å²) in [5.41, 5.74) is 2.83. The van der Waals surface area contributed by atoms with Crippen molar-refractivity contribution in [1.29, 1.82) is 0 Å². The highest BCUT2D eigenvalue weighted by molar-refractivity contribution is 5.93. The SMILES string of the molecule is NNc1ccnc(C(=O)NCC(F)F)c1. The van der Waals surface area contributed by atoms with E-state index in [1.54, 1.807) is 6.07 Å². The number of halogens is 2. The molecule has 0 aromatic carbocycles. The predicted molar refractivity (Wildman–Crippen MR) is 50.4 cm³/mol. The molecule has 0 radical (unpaired) electrons. The van der Waals surface area contributed by atoms with E-state index in [4.69, 9.17) is 5.84 Å². The molecule has 0 spiro atoms.